The summed E-state index contributed by atoms with van der Waals surface area (Å²) in [6.45, 7) is 7.68. The summed E-state index contributed by atoms with van der Waals surface area (Å²) in [6, 6.07) is 8.71. The molecule has 170 valence electrons. The van der Waals surface area contributed by atoms with E-state index in [1.54, 1.807) is 30.5 Å². The van der Waals surface area contributed by atoms with Crippen molar-refractivity contribution in [3.8, 4) is 5.75 Å². The number of rotatable bonds is 8. The zero-order valence-corrected chi connectivity index (χ0v) is 19.3. The Morgan fingerprint density at radius 1 is 1.19 bits per heavy atom. The number of carbonyl (C=O) groups excluding carboxylic acids is 2. The number of carbonyl (C=O) groups is 2. The van der Waals surface area contributed by atoms with Gasteiger partial charge in [0.25, 0.3) is 5.91 Å². The van der Waals surface area contributed by atoms with Gasteiger partial charge in [-0.25, -0.2) is 4.98 Å². The first-order valence-electron chi connectivity index (χ1n) is 11.1. The van der Waals surface area contributed by atoms with Crippen molar-refractivity contribution in [3.05, 3.63) is 58.8 Å². The van der Waals surface area contributed by atoms with Crippen LogP contribution in [0.4, 0.5) is 5.82 Å². The highest BCUT2D eigenvalue weighted by molar-refractivity contribution is 6.04. The molecule has 1 aliphatic carbocycles. The Morgan fingerprint density at radius 3 is 2.56 bits per heavy atom. The minimum Gasteiger partial charge on any atom is -0.488 e. The number of amides is 1. The van der Waals surface area contributed by atoms with Crippen molar-refractivity contribution in [2.24, 2.45) is 5.92 Å². The number of Topliss-reactive ketones (excluding diaryl/α,β-unsaturated/α-hetero) is 1. The summed E-state index contributed by atoms with van der Waals surface area (Å²) in [7, 11) is 0. The fraction of sp³-hybridized carbons (Fsp3) is 0.423. The molecular weight excluding hydrogens is 404 g/mol. The van der Waals surface area contributed by atoms with E-state index in [1.165, 1.54) is 0 Å². The van der Waals surface area contributed by atoms with E-state index < -0.39 is 5.60 Å². The van der Waals surface area contributed by atoms with Gasteiger partial charge in [-0.2, -0.15) is 0 Å². The van der Waals surface area contributed by atoms with E-state index in [-0.39, 0.29) is 24.2 Å². The third-order valence-electron chi connectivity index (χ3n) is 5.55. The maximum absolute atomic E-state index is 12.7. The lowest BCUT2D eigenvalue weighted by molar-refractivity contribution is -0.118. The molecule has 0 bridgehead atoms. The predicted molar refractivity (Wildman–Crippen MR) is 126 cm³/mol. The first-order valence-corrected chi connectivity index (χ1v) is 11.1. The molecule has 1 aromatic carbocycles. The maximum Gasteiger partial charge on any atom is 0.256 e. The van der Waals surface area contributed by atoms with Crippen LogP contribution in [-0.4, -0.2) is 34.0 Å². The number of aliphatic hydroxyl groups is 1. The van der Waals surface area contributed by atoms with Gasteiger partial charge >= 0.3 is 0 Å². The summed E-state index contributed by atoms with van der Waals surface area (Å²) in [6.07, 6.45) is 6.77. The van der Waals surface area contributed by atoms with Gasteiger partial charge in [0.15, 0.2) is 5.78 Å². The van der Waals surface area contributed by atoms with Crippen LogP contribution < -0.4 is 10.1 Å². The minimum atomic E-state index is -0.492. The second-order valence-electron chi connectivity index (χ2n) is 9.12. The molecule has 0 fully saturated rings. The molecule has 0 saturated carbocycles. The van der Waals surface area contributed by atoms with Crippen LogP contribution in [0.25, 0.3) is 6.08 Å². The Kier molecular flexibility index (Phi) is 7.46. The van der Waals surface area contributed by atoms with Crippen molar-refractivity contribution in [2.75, 3.05) is 11.9 Å². The molecule has 0 radical (unpaired) electrons. The second kappa shape index (κ2) is 10.1. The number of aromatic nitrogens is 1. The average Bonchev–Trinajstić information content (AvgIpc) is 2.95. The van der Waals surface area contributed by atoms with Crippen LogP contribution in [0.2, 0.25) is 0 Å². The first-order chi connectivity index (χ1) is 15.2. The van der Waals surface area contributed by atoms with Gasteiger partial charge in [-0.05, 0) is 86.2 Å². The number of hydrogen-bond donors (Lipinski definition) is 2. The van der Waals surface area contributed by atoms with E-state index in [0.29, 0.717) is 23.6 Å². The Hall–Kier alpha value is -2.99. The van der Waals surface area contributed by atoms with Crippen LogP contribution >= 0.6 is 0 Å². The van der Waals surface area contributed by atoms with Gasteiger partial charge in [0.1, 0.15) is 17.2 Å². The number of benzene rings is 1. The zero-order chi connectivity index (χ0) is 23.3. The first kappa shape index (κ1) is 23.7. The number of nitrogens with one attached hydrogen (secondary N) is 1. The lowest BCUT2D eigenvalue weighted by Gasteiger charge is -2.25. The SMILES string of the molecule is CC(C)C(=O)C1=Cc2cc(NC(=O)c3ccc(OC(C)(C)CCO)cc3)ncc2CCC1. The van der Waals surface area contributed by atoms with Gasteiger partial charge < -0.3 is 15.2 Å². The molecule has 6 heteroatoms. The van der Waals surface area contributed by atoms with Crippen LogP contribution in [0.1, 0.15) is 68.4 Å². The molecule has 2 aromatic rings. The number of hydrogen-bond acceptors (Lipinski definition) is 5. The van der Waals surface area contributed by atoms with Crippen LogP contribution in [0.15, 0.2) is 42.1 Å². The maximum atomic E-state index is 12.7. The van der Waals surface area contributed by atoms with Crippen molar-refractivity contribution < 1.29 is 19.4 Å². The number of aliphatic hydroxyl groups excluding tert-OH is 1. The van der Waals surface area contributed by atoms with Gasteiger partial charge in [-0.1, -0.05) is 13.8 Å². The number of pyridine rings is 1. The normalized spacial score (nSPS) is 13.8. The molecule has 1 heterocycles. The summed E-state index contributed by atoms with van der Waals surface area (Å²) in [5.74, 6) is 0.952. The molecule has 0 spiro atoms. The predicted octanol–water partition coefficient (Wildman–Crippen LogP) is 4.82. The Bertz CT molecular complexity index is 1010. The molecule has 32 heavy (non-hydrogen) atoms. The number of aryl methyl sites for hydroxylation is 1. The number of ether oxygens (including phenoxy) is 1. The van der Waals surface area contributed by atoms with Crippen LogP contribution in [-0.2, 0) is 11.2 Å². The standard InChI is InChI=1S/C26H32N2O4/c1-17(2)24(30)19-6-5-7-20-16-27-23(15-21(20)14-19)28-25(31)18-8-10-22(11-9-18)32-26(3,4)12-13-29/h8-11,14-17,29H,5-7,12-13H2,1-4H3,(H,27,28,31). The Morgan fingerprint density at radius 2 is 1.91 bits per heavy atom. The molecule has 0 unspecified atom stereocenters. The third kappa shape index (κ3) is 6.04. The quantitative estimate of drug-likeness (QED) is 0.619. The zero-order valence-electron chi connectivity index (χ0n) is 19.3. The molecule has 1 amide bonds. The highest BCUT2D eigenvalue weighted by Gasteiger charge is 2.20. The summed E-state index contributed by atoms with van der Waals surface area (Å²) < 4.78 is 5.88. The number of fused-ring (bicyclic) bond motifs is 1. The van der Waals surface area contributed by atoms with Crippen molar-refractivity contribution in [2.45, 2.75) is 59.0 Å². The minimum absolute atomic E-state index is 0.0371. The van der Waals surface area contributed by atoms with Gasteiger partial charge in [-0.15, -0.1) is 0 Å². The lowest BCUT2D eigenvalue weighted by Crippen LogP contribution is -2.29. The van der Waals surface area contributed by atoms with Crippen LogP contribution in [0, 0.1) is 5.92 Å². The summed E-state index contributed by atoms with van der Waals surface area (Å²) in [4.78, 5) is 29.6. The largest absolute Gasteiger partial charge is 0.488 e. The van der Waals surface area contributed by atoms with Gasteiger partial charge in [0.05, 0.1) is 0 Å². The smallest absolute Gasteiger partial charge is 0.256 e. The van der Waals surface area contributed by atoms with E-state index in [4.69, 9.17) is 9.84 Å². The highest BCUT2D eigenvalue weighted by Crippen LogP contribution is 2.27. The molecule has 2 N–H and O–H groups in total. The van der Waals surface area contributed by atoms with Crippen LogP contribution in [0.5, 0.6) is 5.75 Å². The number of nitrogens with zero attached hydrogens (tertiary/aromatic N) is 1. The number of allylic oxidation sites excluding steroid dienone is 1. The fourth-order valence-corrected chi connectivity index (χ4v) is 3.71. The van der Waals surface area contributed by atoms with Crippen molar-refractivity contribution >= 4 is 23.6 Å². The Labute approximate surface area is 189 Å². The topological polar surface area (TPSA) is 88.5 Å². The van der Waals surface area contributed by atoms with E-state index in [2.05, 4.69) is 10.3 Å². The van der Waals surface area contributed by atoms with E-state index in [9.17, 15) is 9.59 Å². The second-order valence-corrected chi connectivity index (χ2v) is 9.12. The fourth-order valence-electron chi connectivity index (χ4n) is 3.71. The monoisotopic (exact) mass is 436 g/mol. The van der Waals surface area contributed by atoms with E-state index >= 15 is 0 Å². The van der Waals surface area contributed by atoms with E-state index in [1.807, 2.05) is 39.8 Å². The number of ketones is 1. The average molecular weight is 437 g/mol. The molecule has 0 saturated heterocycles. The summed E-state index contributed by atoms with van der Waals surface area (Å²) in [5.41, 5.74) is 2.85. The Balaban J connectivity index is 1.73. The van der Waals surface area contributed by atoms with E-state index in [0.717, 1.165) is 36.0 Å². The molecule has 0 atom stereocenters. The number of anilines is 1. The van der Waals surface area contributed by atoms with Crippen molar-refractivity contribution in [1.29, 1.82) is 0 Å². The summed E-state index contributed by atoms with van der Waals surface area (Å²) >= 11 is 0. The van der Waals surface area contributed by atoms with Gasteiger partial charge in [0.2, 0.25) is 0 Å². The third-order valence-corrected chi connectivity index (χ3v) is 5.55. The lowest BCUT2D eigenvalue weighted by atomic mass is 9.97. The molecular formula is C26H32N2O4. The van der Waals surface area contributed by atoms with Gasteiger partial charge in [0, 0.05) is 30.7 Å². The molecule has 0 aliphatic heterocycles. The summed E-state index contributed by atoms with van der Waals surface area (Å²) in [5, 5.41) is 12.0. The molecule has 1 aromatic heterocycles. The van der Waals surface area contributed by atoms with Crippen LogP contribution in [0.3, 0.4) is 0 Å². The molecule has 6 nitrogen and oxygen atoms in total. The molecule has 1 aliphatic rings. The van der Waals surface area contributed by atoms with Crippen molar-refractivity contribution in [3.63, 3.8) is 0 Å². The highest BCUT2D eigenvalue weighted by atomic mass is 16.5. The van der Waals surface area contributed by atoms with Crippen molar-refractivity contribution in [1.82, 2.24) is 4.98 Å². The van der Waals surface area contributed by atoms with Gasteiger partial charge in [-0.3, -0.25) is 9.59 Å². The molecule has 3 rings (SSSR count).